The van der Waals surface area contributed by atoms with E-state index in [0.717, 1.165) is 26.2 Å². The van der Waals surface area contributed by atoms with Gasteiger partial charge in [-0.05, 0) is 0 Å². The molecule has 0 saturated carbocycles. The molecule has 0 aliphatic carbocycles. The molecule has 5 nitrogen and oxygen atoms in total. The van der Waals surface area contributed by atoms with Crippen molar-refractivity contribution < 1.29 is 14.3 Å². The smallest absolute Gasteiger partial charge is 0.327 e. The van der Waals surface area contributed by atoms with Crippen molar-refractivity contribution in [3.63, 3.8) is 0 Å². The minimum atomic E-state index is -0.542. The summed E-state index contributed by atoms with van der Waals surface area (Å²) in [6.45, 7) is 4.86. The maximum atomic E-state index is 11.0. The molecule has 5 heteroatoms. The fraction of sp³-hybridized carbons (Fsp3) is 0.750. The van der Waals surface area contributed by atoms with Gasteiger partial charge in [0.1, 0.15) is 0 Å². The number of piperazine rings is 1. The van der Waals surface area contributed by atoms with Crippen LogP contribution in [-0.4, -0.2) is 49.6 Å². The lowest BCUT2D eigenvalue weighted by Crippen LogP contribution is -2.45. The maximum Gasteiger partial charge on any atom is 0.327 e. The fourth-order valence-electron chi connectivity index (χ4n) is 1.24. The van der Waals surface area contributed by atoms with Crippen LogP contribution in [0, 0.1) is 0 Å². The van der Waals surface area contributed by atoms with Crippen LogP contribution in [0.3, 0.4) is 0 Å². The topological polar surface area (TPSA) is 58.6 Å². The Labute approximate surface area is 77.0 Å². The van der Waals surface area contributed by atoms with Gasteiger partial charge < -0.3 is 10.1 Å². The van der Waals surface area contributed by atoms with Gasteiger partial charge >= 0.3 is 11.9 Å². The number of esters is 2. The van der Waals surface area contributed by atoms with Crippen LogP contribution in [0.1, 0.15) is 6.92 Å². The average molecular weight is 186 g/mol. The summed E-state index contributed by atoms with van der Waals surface area (Å²) >= 11 is 0. The summed E-state index contributed by atoms with van der Waals surface area (Å²) < 4.78 is 4.41. The van der Waals surface area contributed by atoms with E-state index in [9.17, 15) is 9.59 Å². The number of hydrogen-bond donors (Lipinski definition) is 1. The van der Waals surface area contributed by atoms with Crippen LogP contribution in [0.25, 0.3) is 0 Å². The third-order valence-electron chi connectivity index (χ3n) is 1.82. The molecule has 0 unspecified atom stereocenters. The standard InChI is InChI=1S/C8H14N2O3/c1-7(11)13-8(12)6-10-4-2-9-3-5-10/h9H,2-6H2,1H3. The number of rotatable bonds is 2. The Morgan fingerprint density at radius 3 is 2.54 bits per heavy atom. The number of carbonyl (C=O) groups excluding carboxylic acids is 2. The molecule has 1 N–H and O–H groups in total. The van der Waals surface area contributed by atoms with Crippen molar-refractivity contribution in [1.29, 1.82) is 0 Å². The molecule has 1 heterocycles. The summed E-state index contributed by atoms with van der Waals surface area (Å²) in [5, 5.41) is 3.17. The molecule has 0 radical (unpaired) electrons. The molecular weight excluding hydrogens is 172 g/mol. The number of nitrogens with zero attached hydrogens (tertiary/aromatic N) is 1. The molecule has 0 bridgehead atoms. The van der Waals surface area contributed by atoms with Crippen LogP contribution in [0.15, 0.2) is 0 Å². The first kappa shape index (κ1) is 10.1. The van der Waals surface area contributed by atoms with E-state index in [1.807, 2.05) is 4.90 Å². The van der Waals surface area contributed by atoms with Gasteiger partial charge in [0.05, 0.1) is 6.54 Å². The van der Waals surface area contributed by atoms with Crippen LogP contribution in [0.5, 0.6) is 0 Å². The predicted octanol–water partition coefficient (Wildman–Crippen LogP) is -1.02. The van der Waals surface area contributed by atoms with Crippen LogP contribution in [0.4, 0.5) is 0 Å². The van der Waals surface area contributed by atoms with Crippen LogP contribution in [-0.2, 0) is 14.3 Å². The monoisotopic (exact) mass is 186 g/mol. The normalized spacial score (nSPS) is 18.2. The molecule has 1 fully saturated rings. The summed E-state index contributed by atoms with van der Waals surface area (Å²) in [5.74, 6) is -1.01. The summed E-state index contributed by atoms with van der Waals surface area (Å²) in [5.41, 5.74) is 0. The number of nitrogens with one attached hydrogen (secondary N) is 1. The second-order valence-corrected chi connectivity index (χ2v) is 2.99. The second-order valence-electron chi connectivity index (χ2n) is 2.99. The highest BCUT2D eigenvalue weighted by Crippen LogP contribution is 1.92. The van der Waals surface area contributed by atoms with Gasteiger partial charge in [-0.3, -0.25) is 14.5 Å². The van der Waals surface area contributed by atoms with Crippen LogP contribution in [0.2, 0.25) is 0 Å². The maximum absolute atomic E-state index is 11.0. The Balaban J connectivity index is 2.22. The van der Waals surface area contributed by atoms with Gasteiger partial charge in [0.25, 0.3) is 0 Å². The van der Waals surface area contributed by atoms with Crippen molar-refractivity contribution in [2.45, 2.75) is 6.92 Å². The first-order chi connectivity index (χ1) is 6.18. The van der Waals surface area contributed by atoms with E-state index in [2.05, 4.69) is 10.1 Å². The van der Waals surface area contributed by atoms with Crippen molar-refractivity contribution in [2.24, 2.45) is 0 Å². The first-order valence-corrected chi connectivity index (χ1v) is 4.33. The molecule has 1 rings (SSSR count). The third kappa shape index (κ3) is 4.00. The quantitative estimate of drug-likeness (QED) is 0.442. The van der Waals surface area contributed by atoms with E-state index in [1.165, 1.54) is 6.92 Å². The number of carbonyl (C=O) groups is 2. The van der Waals surface area contributed by atoms with Crippen molar-refractivity contribution in [1.82, 2.24) is 10.2 Å². The highest BCUT2D eigenvalue weighted by atomic mass is 16.6. The van der Waals surface area contributed by atoms with Crippen molar-refractivity contribution >= 4 is 11.9 Å². The minimum Gasteiger partial charge on any atom is -0.392 e. The zero-order chi connectivity index (χ0) is 9.68. The van der Waals surface area contributed by atoms with E-state index in [1.54, 1.807) is 0 Å². The van der Waals surface area contributed by atoms with E-state index in [0.29, 0.717) is 0 Å². The first-order valence-electron chi connectivity index (χ1n) is 4.33. The Morgan fingerprint density at radius 2 is 2.00 bits per heavy atom. The van der Waals surface area contributed by atoms with E-state index < -0.39 is 11.9 Å². The molecule has 0 spiro atoms. The second kappa shape index (κ2) is 4.94. The summed E-state index contributed by atoms with van der Waals surface area (Å²) in [4.78, 5) is 23.4. The largest absolute Gasteiger partial charge is 0.392 e. The van der Waals surface area contributed by atoms with E-state index in [-0.39, 0.29) is 6.54 Å². The highest BCUT2D eigenvalue weighted by molar-refractivity contribution is 5.85. The van der Waals surface area contributed by atoms with E-state index in [4.69, 9.17) is 0 Å². The van der Waals surface area contributed by atoms with Gasteiger partial charge in [0.15, 0.2) is 0 Å². The molecule has 74 valence electrons. The van der Waals surface area contributed by atoms with E-state index >= 15 is 0 Å². The highest BCUT2D eigenvalue weighted by Gasteiger charge is 2.15. The van der Waals surface area contributed by atoms with Crippen LogP contribution >= 0.6 is 0 Å². The van der Waals surface area contributed by atoms with Crippen LogP contribution < -0.4 is 5.32 Å². The summed E-state index contributed by atoms with van der Waals surface area (Å²) in [7, 11) is 0. The lowest BCUT2D eigenvalue weighted by Gasteiger charge is -2.25. The molecular formula is C8H14N2O3. The minimum absolute atomic E-state index is 0.210. The lowest BCUT2D eigenvalue weighted by molar-refractivity contribution is -0.158. The molecule has 0 atom stereocenters. The lowest BCUT2D eigenvalue weighted by atomic mass is 10.3. The van der Waals surface area contributed by atoms with Gasteiger partial charge in [0, 0.05) is 33.1 Å². The molecule has 0 amide bonds. The number of ether oxygens (including phenoxy) is 1. The van der Waals surface area contributed by atoms with Gasteiger partial charge in [-0.2, -0.15) is 0 Å². The Hall–Kier alpha value is -0.940. The van der Waals surface area contributed by atoms with Gasteiger partial charge in [0.2, 0.25) is 0 Å². The van der Waals surface area contributed by atoms with Gasteiger partial charge in [-0.15, -0.1) is 0 Å². The zero-order valence-corrected chi connectivity index (χ0v) is 7.71. The third-order valence-corrected chi connectivity index (χ3v) is 1.82. The van der Waals surface area contributed by atoms with Crippen molar-refractivity contribution in [3.8, 4) is 0 Å². The fourth-order valence-corrected chi connectivity index (χ4v) is 1.24. The summed E-state index contributed by atoms with van der Waals surface area (Å²) in [6.07, 6.45) is 0. The van der Waals surface area contributed by atoms with Crippen molar-refractivity contribution in [2.75, 3.05) is 32.7 Å². The molecule has 1 aliphatic heterocycles. The molecule has 0 aromatic heterocycles. The Kier molecular flexibility index (Phi) is 3.85. The molecule has 1 saturated heterocycles. The van der Waals surface area contributed by atoms with Crippen molar-refractivity contribution in [3.05, 3.63) is 0 Å². The average Bonchev–Trinajstić information content (AvgIpc) is 2.04. The molecule has 13 heavy (non-hydrogen) atoms. The number of hydrogen-bond acceptors (Lipinski definition) is 5. The Morgan fingerprint density at radius 1 is 1.38 bits per heavy atom. The SMILES string of the molecule is CC(=O)OC(=O)CN1CCNCC1. The zero-order valence-electron chi connectivity index (χ0n) is 7.71. The van der Waals surface area contributed by atoms with Gasteiger partial charge in [-0.1, -0.05) is 0 Å². The predicted molar refractivity (Wildman–Crippen MR) is 46.1 cm³/mol. The molecule has 0 aromatic carbocycles. The van der Waals surface area contributed by atoms with Gasteiger partial charge in [-0.25, -0.2) is 0 Å². The molecule has 0 aromatic rings. The summed E-state index contributed by atoms with van der Waals surface area (Å²) in [6, 6.07) is 0. The Bertz CT molecular complexity index is 200. The molecule has 1 aliphatic rings.